The van der Waals surface area contributed by atoms with Gasteiger partial charge >= 0.3 is 0 Å². The van der Waals surface area contributed by atoms with Crippen LogP contribution in [0.25, 0.3) is 0 Å². The summed E-state index contributed by atoms with van der Waals surface area (Å²) in [7, 11) is 3.37. The van der Waals surface area contributed by atoms with Gasteiger partial charge in [-0.2, -0.15) is 0 Å². The first kappa shape index (κ1) is 28.6. The predicted molar refractivity (Wildman–Crippen MR) is 144 cm³/mol. The van der Waals surface area contributed by atoms with Crippen molar-refractivity contribution in [3.63, 3.8) is 0 Å². The van der Waals surface area contributed by atoms with Gasteiger partial charge in [0.15, 0.2) is 5.96 Å². The minimum absolute atomic E-state index is 0. The lowest BCUT2D eigenvalue weighted by molar-refractivity contribution is 0.245. The molecule has 1 aliphatic heterocycles. The number of halogens is 1. The molecule has 8 heteroatoms. The van der Waals surface area contributed by atoms with E-state index in [2.05, 4.69) is 48.4 Å². The molecule has 1 saturated heterocycles. The van der Waals surface area contributed by atoms with Crippen molar-refractivity contribution in [2.45, 2.75) is 52.5 Å². The third kappa shape index (κ3) is 9.60. The summed E-state index contributed by atoms with van der Waals surface area (Å²) >= 11 is 0. The predicted octanol–water partition coefficient (Wildman–Crippen LogP) is 3.89. The quantitative estimate of drug-likeness (QED) is 0.216. The third-order valence-electron chi connectivity index (χ3n) is 5.73. The number of aliphatic hydroxyl groups excluding tert-OH is 1. The molecule has 3 N–H and O–H groups in total. The summed E-state index contributed by atoms with van der Waals surface area (Å²) < 4.78 is 10.8. The van der Waals surface area contributed by atoms with E-state index in [9.17, 15) is 5.11 Å². The Kier molecular flexibility index (Phi) is 13.8. The molecule has 0 aliphatic carbocycles. The number of nitrogens with one attached hydrogen (secondary N) is 2. The van der Waals surface area contributed by atoms with Crippen LogP contribution >= 0.6 is 24.0 Å². The first-order valence-electron chi connectivity index (χ1n) is 11.6. The van der Waals surface area contributed by atoms with Gasteiger partial charge in [-0.25, -0.2) is 0 Å². The maximum atomic E-state index is 9.36. The first-order valence-corrected chi connectivity index (χ1v) is 11.6. The Morgan fingerprint density at radius 3 is 2.28 bits per heavy atom. The molecular weight excluding hydrogens is 519 g/mol. The highest BCUT2D eigenvalue weighted by molar-refractivity contribution is 14.0. The van der Waals surface area contributed by atoms with E-state index in [4.69, 9.17) is 14.5 Å². The zero-order chi connectivity index (χ0) is 22.6. The van der Waals surface area contributed by atoms with E-state index in [0.29, 0.717) is 17.9 Å². The smallest absolute Gasteiger partial charge is 0.191 e. The maximum absolute atomic E-state index is 9.36. The fourth-order valence-corrected chi connectivity index (χ4v) is 4.12. The van der Waals surface area contributed by atoms with Crippen molar-refractivity contribution in [2.75, 3.05) is 51.9 Å². The molecule has 1 aromatic rings. The Labute approximate surface area is 211 Å². The van der Waals surface area contributed by atoms with Crippen LogP contribution in [0.4, 0.5) is 5.69 Å². The number of hydrogen-bond acceptors (Lipinski definition) is 5. The van der Waals surface area contributed by atoms with Gasteiger partial charge in [0.05, 0.1) is 14.2 Å². The zero-order valence-electron chi connectivity index (χ0n) is 20.4. The van der Waals surface area contributed by atoms with Crippen LogP contribution in [0, 0.1) is 11.8 Å². The molecule has 7 nitrogen and oxygen atoms in total. The van der Waals surface area contributed by atoms with Crippen LogP contribution in [-0.4, -0.2) is 64.1 Å². The van der Waals surface area contributed by atoms with Gasteiger partial charge in [-0.05, 0) is 44.4 Å². The van der Waals surface area contributed by atoms with Crippen LogP contribution in [0.1, 0.15) is 46.5 Å². The number of benzene rings is 1. The van der Waals surface area contributed by atoms with E-state index >= 15 is 0 Å². The number of aliphatic hydroxyl groups is 1. The number of nitrogens with zero attached hydrogens (tertiary/aromatic N) is 2. The fraction of sp³-hybridized carbons (Fsp3) is 0.708. The number of ether oxygens (including phenoxy) is 2. The molecule has 32 heavy (non-hydrogen) atoms. The van der Waals surface area contributed by atoms with Gasteiger partial charge in [0.1, 0.15) is 11.5 Å². The standard InChI is InChI=1S/C24H42N4O3.HI/c1-6-25-24(26-17-19(9-12-29)13-18(2)3)27-20-7-10-28(11-8-20)21-14-22(30-4)16-23(15-21)31-5;/h14-16,18-20,29H,6-13,17H2,1-5H3,(H2,25,26,27);1H. The number of hydrogen-bond donors (Lipinski definition) is 3. The van der Waals surface area contributed by atoms with E-state index in [1.807, 2.05) is 6.07 Å². The molecule has 0 bridgehead atoms. The second-order valence-electron chi connectivity index (χ2n) is 8.70. The molecule has 1 atom stereocenters. The third-order valence-corrected chi connectivity index (χ3v) is 5.73. The Bertz CT molecular complexity index is 657. The van der Waals surface area contributed by atoms with E-state index in [1.54, 1.807) is 14.2 Å². The van der Waals surface area contributed by atoms with Gasteiger partial charge in [-0.1, -0.05) is 13.8 Å². The van der Waals surface area contributed by atoms with E-state index < -0.39 is 0 Å². The normalized spacial score (nSPS) is 15.8. The van der Waals surface area contributed by atoms with Crippen molar-refractivity contribution in [2.24, 2.45) is 16.8 Å². The van der Waals surface area contributed by atoms with Gasteiger partial charge in [0.25, 0.3) is 0 Å². The zero-order valence-corrected chi connectivity index (χ0v) is 22.7. The van der Waals surface area contributed by atoms with Crippen molar-refractivity contribution in [1.82, 2.24) is 10.6 Å². The van der Waals surface area contributed by atoms with Crippen molar-refractivity contribution in [3.05, 3.63) is 18.2 Å². The Morgan fingerprint density at radius 2 is 1.78 bits per heavy atom. The van der Waals surface area contributed by atoms with Crippen LogP contribution in [0.5, 0.6) is 11.5 Å². The number of methoxy groups -OCH3 is 2. The molecule has 184 valence electrons. The SMILES string of the molecule is CCNC(=NCC(CCO)CC(C)C)NC1CCN(c2cc(OC)cc(OC)c2)CC1.I. The van der Waals surface area contributed by atoms with Crippen molar-refractivity contribution < 1.29 is 14.6 Å². The summed E-state index contributed by atoms with van der Waals surface area (Å²) in [6, 6.07) is 6.43. The minimum atomic E-state index is 0. The van der Waals surface area contributed by atoms with Crippen LogP contribution in [-0.2, 0) is 0 Å². The van der Waals surface area contributed by atoms with Gasteiger partial charge in [0.2, 0.25) is 0 Å². The lowest BCUT2D eigenvalue weighted by Crippen LogP contribution is -2.49. The van der Waals surface area contributed by atoms with Crippen molar-refractivity contribution in [3.8, 4) is 11.5 Å². The number of aliphatic imine (C=N–C) groups is 1. The summed E-state index contributed by atoms with van der Waals surface area (Å²) in [6.07, 6.45) is 3.97. The van der Waals surface area contributed by atoms with Crippen LogP contribution in [0.2, 0.25) is 0 Å². The molecular formula is C24H43IN4O3. The lowest BCUT2D eigenvalue weighted by Gasteiger charge is -2.35. The molecule has 1 unspecified atom stereocenters. The Balaban J connectivity index is 0.00000512. The molecule has 0 amide bonds. The number of piperidine rings is 1. The summed E-state index contributed by atoms with van der Waals surface area (Å²) in [6.45, 7) is 10.3. The number of anilines is 1. The van der Waals surface area contributed by atoms with Crippen LogP contribution < -0.4 is 25.0 Å². The molecule has 1 fully saturated rings. The number of rotatable bonds is 11. The largest absolute Gasteiger partial charge is 0.497 e. The van der Waals surface area contributed by atoms with E-state index in [-0.39, 0.29) is 30.6 Å². The molecule has 1 aliphatic rings. The highest BCUT2D eigenvalue weighted by atomic mass is 127. The molecule has 0 aromatic heterocycles. The highest BCUT2D eigenvalue weighted by Gasteiger charge is 2.21. The monoisotopic (exact) mass is 562 g/mol. The molecule has 0 radical (unpaired) electrons. The second kappa shape index (κ2) is 15.4. The Hall–Kier alpha value is -1.42. The molecule has 0 saturated carbocycles. The van der Waals surface area contributed by atoms with Gasteiger partial charge in [-0.15, -0.1) is 24.0 Å². The minimum Gasteiger partial charge on any atom is -0.497 e. The molecule has 1 heterocycles. The lowest BCUT2D eigenvalue weighted by atomic mass is 9.94. The summed E-state index contributed by atoms with van der Waals surface area (Å²) in [5.74, 6) is 3.55. The second-order valence-corrected chi connectivity index (χ2v) is 8.70. The maximum Gasteiger partial charge on any atom is 0.191 e. The van der Waals surface area contributed by atoms with E-state index in [0.717, 1.165) is 75.0 Å². The molecule has 2 rings (SSSR count). The summed E-state index contributed by atoms with van der Waals surface area (Å²) in [5, 5.41) is 16.4. The average Bonchev–Trinajstić information content (AvgIpc) is 2.77. The van der Waals surface area contributed by atoms with E-state index in [1.165, 1.54) is 0 Å². The van der Waals surface area contributed by atoms with Crippen molar-refractivity contribution >= 4 is 35.6 Å². The molecule has 1 aromatic carbocycles. The Morgan fingerprint density at radius 1 is 1.16 bits per heavy atom. The van der Waals surface area contributed by atoms with Gasteiger partial charge in [0, 0.05) is 62.7 Å². The number of guanidine groups is 1. The summed E-state index contributed by atoms with van der Waals surface area (Å²) in [5.41, 5.74) is 1.13. The van der Waals surface area contributed by atoms with Crippen molar-refractivity contribution in [1.29, 1.82) is 0 Å². The van der Waals surface area contributed by atoms with Crippen LogP contribution in [0.3, 0.4) is 0 Å². The first-order chi connectivity index (χ1) is 15.0. The topological polar surface area (TPSA) is 78.4 Å². The fourth-order valence-electron chi connectivity index (χ4n) is 4.12. The highest BCUT2D eigenvalue weighted by Crippen LogP contribution is 2.30. The molecule has 0 spiro atoms. The van der Waals surface area contributed by atoms with Crippen LogP contribution in [0.15, 0.2) is 23.2 Å². The summed E-state index contributed by atoms with van der Waals surface area (Å²) in [4.78, 5) is 7.22. The van der Waals surface area contributed by atoms with Gasteiger partial charge < -0.3 is 30.1 Å². The average molecular weight is 563 g/mol. The van der Waals surface area contributed by atoms with Gasteiger partial charge in [-0.3, -0.25) is 4.99 Å².